The molecule has 9 heteroatoms. The molecule has 0 atom stereocenters. The molecule has 0 spiro atoms. The second kappa shape index (κ2) is 11.3. The molecule has 0 aliphatic carbocycles. The van der Waals surface area contributed by atoms with Gasteiger partial charge in [-0.05, 0) is 37.3 Å². The van der Waals surface area contributed by atoms with Crippen LogP contribution in [0.1, 0.15) is 11.3 Å². The zero-order chi connectivity index (χ0) is 21.2. The van der Waals surface area contributed by atoms with Gasteiger partial charge in [-0.3, -0.25) is 10.1 Å². The number of rotatable bonds is 11. The number of hydrogen-bond acceptors (Lipinski definition) is 7. The highest BCUT2D eigenvalue weighted by Crippen LogP contribution is 2.26. The SMILES string of the molecule is Cc1cc(-c2nc(-c3ccc(OCCOCCOCCCl)c(C#N)c3)n[nH]2)ccn1. The van der Waals surface area contributed by atoms with Crippen molar-refractivity contribution in [2.24, 2.45) is 0 Å². The molecule has 1 N–H and O–H groups in total. The van der Waals surface area contributed by atoms with Gasteiger partial charge in [0.15, 0.2) is 11.6 Å². The first-order valence-electron chi connectivity index (χ1n) is 9.45. The van der Waals surface area contributed by atoms with Gasteiger partial charge in [-0.25, -0.2) is 4.98 Å². The maximum atomic E-state index is 9.48. The molecule has 8 nitrogen and oxygen atoms in total. The number of halogens is 1. The fourth-order valence-electron chi connectivity index (χ4n) is 2.68. The maximum absolute atomic E-state index is 9.48. The highest BCUT2D eigenvalue weighted by atomic mass is 35.5. The summed E-state index contributed by atoms with van der Waals surface area (Å²) in [5, 5.41) is 16.7. The third-order valence-corrected chi connectivity index (χ3v) is 4.25. The fourth-order valence-corrected chi connectivity index (χ4v) is 2.79. The quantitative estimate of drug-likeness (QED) is 0.369. The Morgan fingerprint density at radius 2 is 1.83 bits per heavy atom. The Labute approximate surface area is 179 Å². The lowest BCUT2D eigenvalue weighted by Crippen LogP contribution is -2.11. The topological polar surface area (TPSA) is 106 Å². The summed E-state index contributed by atoms with van der Waals surface area (Å²) in [5.41, 5.74) is 2.92. The number of alkyl halides is 1. The Kier molecular flexibility index (Phi) is 8.15. The highest BCUT2D eigenvalue weighted by molar-refractivity contribution is 6.17. The van der Waals surface area contributed by atoms with Crippen LogP contribution in [-0.2, 0) is 9.47 Å². The van der Waals surface area contributed by atoms with Crippen molar-refractivity contribution >= 4 is 11.6 Å². The minimum atomic E-state index is 0.329. The molecule has 2 heterocycles. The predicted molar refractivity (Wildman–Crippen MR) is 112 cm³/mol. The lowest BCUT2D eigenvalue weighted by molar-refractivity contribution is 0.0410. The van der Waals surface area contributed by atoms with Crippen LogP contribution in [0, 0.1) is 18.3 Å². The van der Waals surface area contributed by atoms with E-state index in [0.717, 1.165) is 16.8 Å². The summed E-state index contributed by atoms with van der Waals surface area (Å²) < 4.78 is 16.3. The molecule has 0 bridgehead atoms. The van der Waals surface area contributed by atoms with E-state index in [0.29, 0.717) is 61.9 Å². The number of pyridine rings is 1. The number of aromatic nitrogens is 4. The van der Waals surface area contributed by atoms with Crippen molar-refractivity contribution in [3.63, 3.8) is 0 Å². The lowest BCUT2D eigenvalue weighted by Gasteiger charge is -2.09. The third kappa shape index (κ3) is 6.00. The van der Waals surface area contributed by atoms with Gasteiger partial charge in [0, 0.05) is 28.9 Å². The molecule has 0 unspecified atom stereocenters. The number of aryl methyl sites for hydroxylation is 1. The highest BCUT2D eigenvalue weighted by Gasteiger charge is 2.11. The number of ether oxygens (including phenoxy) is 3. The first kappa shape index (κ1) is 21.7. The number of benzene rings is 1. The normalized spacial score (nSPS) is 10.7. The van der Waals surface area contributed by atoms with Crippen LogP contribution in [0.15, 0.2) is 36.5 Å². The van der Waals surface area contributed by atoms with Gasteiger partial charge in [-0.1, -0.05) is 0 Å². The molecule has 0 amide bonds. The Morgan fingerprint density at radius 1 is 1.03 bits per heavy atom. The molecule has 156 valence electrons. The molecule has 0 saturated heterocycles. The zero-order valence-electron chi connectivity index (χ0n) is 16.6. The van der Waals surface area contributed by atoms with Crippen LogP contribution in [0.3, 0.4) is 0 Å². The second-order valence-electron chi connectivity index (χ2n) is 6.28. The Morgan fingerprint density at radius 3 is 2.60 bits per heavy atom. The zero-order valence-corrected chi connectivity index (χ0v) is 17.4. The summed E-state index contributed by atoms with van der Waals surface area (Å²) in [6.07, 6.45) is 1.73. The van der Waals surface area contributed by atoms with Crippen molar-refractivity contribution in [2.75, 3.05) is 38.9 Å². The van der Waals surface area contributed by atoms with Crippen LogP contribution in [0.25, 0.3) is 22.8 Å². The van der Waals surface area contributed by atoms with E-state index < -0.39 is 0 Å². The number of nitrogens with zero attached hydrogens (tertiary/aromatic N) is 4. The molecule has 0 saturated carbocycles. The van der Waals surface area contributed by atoms with Gasteiger partial charge in [0.05, 0.1) is 32.0 Å². The van der Waals surface area contributed by atoms with Crippen LogP contribution >= 0.6 is 11.6 Å². The summed E-state index contributed by atoms with van der Waals surface area (Å²) in [6, 6.07) is 11.2. The van der Waals surface area contributed by atoms with E-state index in [9.17, 15) is 5.26 Å². The molecule has 0 aliphatic rings. The monoisotopic (exact) mass is 427 g/mol. The molecule has 0 radical (unpaired) electrons. The van der Waals surface area contributed by atoms with Crippen LogP contribution < -0.4 is 4.74 Å². The summed E-state index contributed by atoms with van der Waals surface area (Å²) in [6.45, 7) is 4.10. The molecule has 0 aliphatic heterocycles. The summed E-state index contributed by atoms with van der Waals surface area (Å²) >= 11 is 5.52. The summed E-state index contributed by atoms with van der Waals surface area (Å²) in [5.74, 6) is 2.10. The van der Waals surface area contributed by atoms with Crippen molar-refractivity contribution in [2.45, 2.75) is 6.92 Å². The molecule has 2 aromatic heterocycles. The van der Waals surface area contributed by atoms with Gasteiger partial charge in [0.2, 0.25) is 0 Å². The van der Waals surface area contributed by atoms with Crippen molar-refractivity contribution in [1.82, 2.24) is 20.2 Å². The number of nitriles is 1. The van der Waals surface area contributed by atoms with E-state index >= 15 is 0 Å². The first-order chi connectivity index (χ1) is 14.7. The van der Waals surface area contributed by atoms with Gasteiger partial charge >= 0.3 is 0 Å². The van der Waals surface area contributed by atoms with Crippen molar-refractivity contribution < 1.29 is 14.2 Å². The molecule has 3 aromatic rings. The van der Waals surface area contributed by atoms with Crippen molar-refractivity contribution in [1.29, 1.82) is 5.26 Å². The third-order valence-electron chi connectivity index (χ3n) is 4.09. The van der Waals surface area contributed by atoms with E-state index in [1.165, 1.54) is 0 Å². The number of hydrogen-bond donors (Lipinski definition) is 1. The largest absolute Gasteiger partial charge is 0.490 e. The lowest BCUT2D eigenvalue weighted by atomic mass is 10.1. The van der Waals surface area contributed by atoms with Gasteiger partial charge in [-0.2, -0.15) is 10.4 Å². The molecular formula is C21H22ClN5O3. The van der Waals surface area contributed by atoms with Gasteiger partial charge in [0.25, 0.3) is 0 Å². The maximum Gasteiger partial charge on any atom is 0.181 e. The Balaban J connectivity index is 1.59. The van der Waals surface area contributed by atoms with E-state index in [1.54, 1.807) is 18.3 Å². The first-order valence-corrected chi connectivity index (χ1v) is 9.99. The van der Waals surface area contributed by atoms with E-state index in [-0.39, 0.29) is 0 Å². The number of aromatic amines is 1. The Hall–Kier alpha value is -2.99. The summed E-state index contributed by atoms with van der Waals surface area (Å²) in [7, 11) is 0. The van der Waals surface area contributed by atoms with Gasteiger partial charge < -0.3 is 14.2 Å². The second-order valence-corrected chi connectivity index (χ2v) is 6.66. The molecular weight excluding hydrogens is 406 g/mol. The molecule has 0 fully saturated rings. The average Bonchev–Trinajstić information content (AvgIpc) is 3.26. The minimum absolute atomic E-state index is 0.329. The number of H-pyrrole nitrogens is 1. The minimum Gasteiger partial charge on any atom is -0.490 e. The molecule has 3 rings (SSSR count). The van der Waals surface area contributed by atoms with E-state index in [1.807, 2.05) is 25.1 Å². The van der Waals surface area contributed by atoms with Crippen LogP contribution in [0.4, 0.5) is 0 Å². The smallest absolute Gasteiger partial charge is 0.181 e. The predicted octanol–water partition coefficient (Wildman–Crippen LogP) is 3.36. The van der Waals surface area contributed by atoms with Crippen LogP contribution in [0.5, 0.6) is 5.75 Å². The van der Waals surface area contributed by atoms with Crippen LogP contribution in [0.2, 0.25) is 0 Å². The average molecular weight is 428 g/mol. The van der Waals surface area contributed by atoms with Crippen molar-refractivity contribution in [3.8, 4) is 34.6 Å². The Bertz CT molecular complexity index is 1000. The molecule has 1 aromatic carbocycles. The van der Waals surface area contributed by atoms with Crippen molar-refractivity contribution in [3.05, 3.63) is 47.8 Å². The van der Waals surface area contributed by atoms with Gasteiger partial charge in [0.1, 0.15) is 18.4 Å². The standard InChI is InChI=1S/C21H22ClN5O3/c1-15-12-17(4-6-24-15)21-25-20(26-27-21)16-2-3-19(18(13-16)14-23)30-11-10-29-9-8-28-7-5-22/h2-4,6,12-13H,5,7-11H2,1H3,(H,25,26,27). The fraction of sp³-hybridized carbons (Fsp3) is 0.333. The number of nitrogens with one attached hydrogen (secondary N) is 1. The van der Waals surface area contributed by atoms with Crippen LogP contribution in [-0.4, -0.2) is 59.1 Å². The summed E-state index contributed by atoms with van der Waals surface area (Å²) in [4.78, 5) is 8.71. The molecule has 30 heavy (non-hydrogen) atoms. The van der Waals surface area contributed by atoms with Gasteiger partial charge in [-0.15, -0.1) is 11.6 Å². The van der Waals surface area contributed by atoms with E-state index in [2.05, 4.69) is 26.2 Å². The van der Waals surface area contributed by atoms with E-state index in [4.69, 9.17) is 25.8 Å².